The summed E-state index contributed by atoms with van der Waals surface area (Å²) in [5, 5.41) is 4.41. The lowest BCUT2D eigenvalue weighted by Crippen LogP contribution is -2.24. The first kappa shape index (κ1) is 11.8. The van der Waals surface area contributed by atoms with Crippen LogP contribution in [-0.4, -0.2) is 11.3 Å². The standard InChI is InChI=1S/C16H21NO/c1-11-8-12(2)15(13(3)9-11)14-10-16(18-17-14)6-4-5-7-16/h8-9H,4-7,10H2,1-3H3. The summed E-state index contributed by atoms with van der Waals surface area (Å²) in [5.74, 6) is 0. The number of rotatable bonds is 1. The van der Waals surface area contributed by atoms with Gasteiger partial charge >= 0.3 is 0 Å². The summed E-state index contributed by atoms with van der Waals surface area (Å²) in [6.45, 7) is 6.50. The van der Waals surface area contributed by atoms with Crippen LogP contribution >= 0.6 is 0 Å². The average Bonchev–Trinajstić information content (AvgIpc) is 2.89. The molecule has 1 saturated carbocycles. The minimum Gasteiger partial charge on any atom is -0.389 e. The molecule has 0 saturated heterocycles. The predicted octanol–water partition coefficient (Wildman–Crippen LogP) is 4.05. The third kappa shape index (κ3) is 1.84. The van der Waals surface area contributed by atoms with Crippen LogP contribution in [0.15, 0.2) is 17.3 Å². The van der Waals surface area contributed by atoms with Crippen LogP contribution < -0.4 is 0 Å². The van der Waals surface area contributed by atoms with Crippen LogP contribution in [-0.2, 0) is 4.84 Å². The Hall–Kier alpha value is -1.31. The number of hydrogen-bond donors (Lipinski definition) is 0. The van der Waals surface area contributed by atoms with Crippen LogP contribution in [0.1, 0.15) is 54.4 Å². The summed E-state index contributed by atoms with van der Waals surface area (Å²) in [5.41, 5.74) is 6.48. The molecule has 0 radical (unpaired) electrons. The highest BCUT2D eigenvalue weighted by Gasteiger charge is 2.42. The zero-order valence-electron chi connectivity index (χ0n) is 11.5. The molecule has 0 aromatic heterocycles. The van der Waals surface area contributed by atoms with E-state index in [1.807, 2.05) is 0 Å². The quantitative estimate of drug-likeness (QED) is 0.729. The van der Waals surface area contributed by atoms with E-state index in [-0.39, 0.29) is 5.60 Å². The smallest absolute Gasteiger partial charge is 0.143 e. The van der Waals surface area contributed by atoms with Crippen LogP contribution in [0.4, 0.5) is 0 Å². The van der Waals surface area contributed by atoms with Gasteiger partial charge in [0.25, 0.3) is 0 Å². The number of benzene rings is 1. The SMILES string of the molecule is Cc1cc(C)c(C2=NOC3(CCCC3)C2)c(C)c1. The molecule has 2 nitrogen and oxygen atoms in total. The molecular weight excluding hydrogens is 222 g/mol. The van der Waals surface area contributed by atoms with Gasteiger partial charge in [0.15, 0.2) is 0 Å². The minimum atomic E-state index is 0.0408. The molecule has 2 heteroatoms. The maximum absolute atomic E-state index is 5.80. The molecule has 1 aliphatic carbocycles. The summed E-state index contributed by atoms with van der Waals surface area (Å²) < 4.78 is 0. The Labute approximate surface area is 109 Å². The van der Waals surface area contributed by atoms with Gasteiger partial charge in [0.2, 0.25) is 0 Å². The van der Waals surface area contributed by atoms with Crippen molar-refractivity contribution in [2.24, 2.45) is 5.16 Å². The molecule has 1 aromatic rings. The van der Waals surface area contributed by atoms with E-state index < -0.39 is 0 Å². The van der Waals surface area contributed by atoms with Gasteiger partial charge in [0.05, 0.1) is 5.71 Å². The van der Waals surface area contributed by atoms with Crippen molar-refractivity contribution in [2.45, 2.75) is 58.5 Å². The fourth-order valence-electron chi connectivity index (χ4n) is 3.58. The van der Waals surface area contributed by atoms with Crippen molar-refractivity contribution in [3.05, 3.63) is 34.4 Å². The van der Waals surface area contributed by atoms with Crippen LogP contribution in [0.25, 0.3) is 0 Å². The number of oxime groups is 1. The second-order valence-corrected chi connectivity index (χ2v) is 5.97. The molecule has 3 rings (SSSR count). The summed E-state index contributed by atoms with van der Waals surface area (Å²) >= 11 is 0. The Morgan fingerprint density at radius 3 is 2.28 bits per heavy atom. The Morgan fingerprint density at radius 1 is 1.06 bits per heavy atom. The van der Waals surface area contributed by atoms with Gasteiger partial charge in [-0.05, 0) is 57.6 Å². The van der Waals surface area contributed by atoms with Crippen molar-refractivity contribution in [2.75, 3.05) is 0 Å². The van der Waals surface area contributed by atoms with Crippen molar-refractivity contribution in [1.29, 1.82) is 0 Å². The third-order valence-electron chi connectivity index (χ3n) is 4.32. The highest BCUT2D eigenvalue weighted by Crippen LogP contribution is 2.41. The molecule has 1 aromatic carbocycles. The maximum atomic E-state index is 5.80. The van der Waals surface area contributed by atoms with E-state index in [4.69, 9.17) is 4.84 Å². The molecule has 1 aliphatic heterocycles. The molecule has 1 fully saturated rings. The summed E-state index contributed by atoms with van der Waals surface area (Å²) in [7, 11) is 0. The van der Waals surface area contributed by atoms with Crippen molar-refractivity contribution in [1.82, 2.24) is 0 Å². The van der Waals surface area contributed by atoms with Crippen molar-refractivity contribution in [3.8, 4) is 0 Å². The highest BCUT2D eigenvalue weighted by molar-refractivity contribution is 6.04. The summed E-state index contributed by atoms with van der Waals surface area (Å²) in [4.78, 5) is 5.80. The zero-order chi connectivity index (χ0) is 12.8. The molecule has 0 atom stereocenters. The molecule has 2 aliphatic rings. The zero-order valence-corrected chi connectivity index (χ0v) is 11.5. The Morgan fingerprint density at radius 2 is 1.67 bits per heavy atom. The summed E-state index contributed by atoms with van der Waals surface area (Å²) in [6, 6.07) is 4.48. The molecule has 96 valence electrons. The molecule has 1 heterocycles. The van der Waals surface area contributed by atoms with Crippen LogP contribution in [0.2, 0.25) is 0 Å². The highest BCUT2D eigenvalue weighted by atomic mass is 16.7. The fourth-order valence-corrected chi connectivity index (χ4v) is 3.58. The van der Waals surface area contributed by atoms with Gasteiger partial charge in [-0.2, -0.15) is 0 Å². The van der Waals surface area contributed by atoms with E-state index in [2.05, 4.69) is 38.1 Å². The Kier molecular flexibility index (Phi) is 2.69. The molecule has 18 heavy (non-hydrogen) atoms. The van der Waals surface area contributed by atoms with Crippen molar-refractivity contribution < 1.29 is 4.84 Å². The normalized spacial score (nSPS) is 21.2. The average molecular weight is 243 g/mol. The van der Waals surface area contributed by atoms with E-state index in [1.54, 1.807) is 0 Å². The maximum Gasteiger partial charge on any atom is 0.143 e. The summed E-state index contributed by atoms with van der Waals surface area (Å²) in [6.07, 6.45) is 5.91. The van der Waals surface area contributed by atoms with Gasteiger partial charge in [-0.3, -0.25) is 0 Å². The lowest BCUT2D eigenvalue weighted by molar-refractivity contribution is -0.0126. The third-order valence-corrected chi connectivity index (χ3v) is 4.32. The minimum absolute atomic E-state index is 0.0408. The molecule has 1 spiro atoms. The van der Waals surface area contributed by atoms with E-state index in [0.29, 0.717) is 0 Å². The Balaban J connectivity index is 1.93. The van der Waals surface area contributed by atoms with E-state index in [0.717, 1.165) is 12.1 Å². The van der Waals surface area contributed by atoms with Gasteiger partial charge in [-0.1, -0.05) is 22.9 Å². The molecular formula is C16H21NO. The van der Waals surface area contributed by atoms with Gasteiger partial charge in [0, 0.05) is 12.0 Å². The molecule has 0 amide bonds. The van der Waals surface area contributed by atoms with Crippen molar-refractivity contribution >= 4 is 5.71 Å². The number of aryl methyl sites for hydroxylation is 3. The molecule has 0 N–H and O–H groups in total. The topological polar surface area (TPSA) is 21.6 Å². The van der Waals surface area contributed by atoms with Crippen LogP contribution in [0, 0.1) is 20.8 Å². The van der Waals surface area contributed by atoms with Crippen molar-refractivity contribution in [3.63, 3.8) is 0 Å². The second-order valence-electron chi connectivity index (χ2n) is 5.97. The molecule has 0 bridgehead atoms. The van der Waals surface area contributed by atoms with Crippen LogP contribution in [0.5, 0.6) is 0 Å². The predicted molar refractivity (Wildman–Crippen MR) is 74.1 cm³/mol. The lowest BCUT2D eigenvalue weighted by atomic mass is 9.88. The van der Waals surface area contributed by atoms with E-state index in [9.17, 15) is 0 Å². The number of hydrogen-bond acceptors (Lipinski definition) is 2. The number of nitrogens with zero attached hydrogens (tertiary/aromatic N) is 1. The fraction of sp³-hybridized carbons (Fsp3) is 0.562. The first-order valence-electron chi connectivity index (χ1n) is 6.93. The van der Waals surface area contributed by atoms with Gasteiger partial charge in [0.1, 0.15) is 5.60 Å². The van der Waals surface area contributed by atoms with Crippen LogP contribution in [0.3, 0.4) is 0 Å². The van der Waals surface area contributed by atoms with Gasteiger partial charge < -0.3 is 4.84 Å². The van der Waals surface area contributed by atoms with Gasteiger partial charge in [-0.15, -0.1) is 0 Å². The lowest BCUT2D eigenvalue weighted by Gasteiger charge is -2.19. The van der Waals surface area contributed by atoms with Gasteiger partial charge in [-0.25, -0.2) is 0 Å². The first-order valence-corrected chi connectivity index (χ1v) is 6.93. The molecule has 0 unspecified atom stereocenters. The monoisotopic (exact) mass is 243 g/mol. The first-order chi connectivity index (χ1) is 8.60. The largest absolute Gasteiger partial charge is 0.389 e. The van der Waals surface area contributed by atoms with E-state index >= 15 is 0 Å². The second kappa shape index (κ2) is 4.11. The Bertz CT molecular complexity index is 487. The van der Waals surface area contributed by atoms with E-state index in [1.165, 1.54) is 47.9 Å².